The van der Waals surface area contributed by atoms with Crippen molar-refractivity contribution in [2.45, 2.75) is 0 Å². The number of methoxy groups -OCH3 is 2. The fourth-order valence-electron chi connectivity index (χ4n) is 2.53. The summed E-state index contributed by atoms with van der Waals surface area (Å²) in [6, 6.07) is 13.6. The lowest BCUT2D eigenvalue weighted by molar-refractivity contribution is 0.259. The van der Waals surface area contributed by atoms with Crippen LogP contribution in [-0.4, -0.2) is 30.2 Å². The molecule has 0 aliphatic carbocycles. The van der Waals surface area contributed by atoms with Crippen LogP contribution >= 0.6 is 11.6 Å². The summed E-state index contributed by atoms with van der Waals surface area (Å²) in [6.07, 6.45) is 0. The molecule has 3 N–H and O–H groups in total. The number of carbonyl (C=O) groups excluding carboxylic acids is 1. The number of benzene rings is 2. The predicted octanol–water partition coefficient (Wildman–Crippen LogP) is 3.97. The third-order valence-electron chi connectivity index (χ3n) is 3.79. The molecule has 3 rings (SSSR count). The van der Waals surface area contributed by atoms with Crippen molar-refractivity contribution in [3.63, 3.8) is 0 Å². The van der Waals surface area contributed by atoms with Gasteiger partial charge in [-0.1, -0.05) is 23.7 Å². The van der Waals surface area contributed by atoms with Crippen molar-refractivity contribution >= 4 is 23.6 Å². The summed E-state index contributed by atoms with van der Waals surface area (Å²) >= 11 is 5.96. The number of hydrogen-bond donors (Lipinski definition) is 2. The summed E-state index contributed by atoms with van der Waals surface area (Å²) in [5, 5.41) is 3.03. The number of nitrogens with two attached hydrogens (primary N) is 1. The average molecular weight is 385 g/mol. The summed E-state index contributed by atoms with van der Waals surface area (Å²) in [7, 11) is 3.13. The Morgan fingerprint density at radius 2 is 1.70 bits per heavy atom. The van der Waals surface area contributed by atoms with Gasteiger partial charge in [-0.05, 0) is 30.3 Å². The van der Waals surface area contributed by atoms with E-state index in [0.29, 0.717) is 33.5 Å². The number of anilines is 1. The van der Waals surface area contributed by atoms with E-state index in [-0.39, 0.29) is 5.95 Å². The van der Waals surface area contributed by atoms with Crippen molar-refractivity contribution in [2.24, 2.45) is 5.73 Å². The molecule has 138 valence electrons. The van der Waals surface area contributed by atoms with Crippen LogP contribution in [-0.2, 0) is 0 Å². The first kappa shape index (κ1) is 18.5. The summed E-state index contributed by atoms with van der Waals surface area (Å²) in [4.78, 5) is 20.0. The molecule has 0 aliphatic heterocycles. The van der Waals surface area contributed by atoms with E-state index in [1.165, 1.54) is 0 Å². The Hall–Kier alpha value is -3.32. The van der Waals surface area contributed by atoms with E-state index in [2.05, 4.69) is 15.3 Å². The number of nitrogens with one attached hydrogen (secondary N) is 1. The minimum Gasteiger partial charge on any atom is -0.497 e. The molecule has 0 saturated heterocycles. The van der Waals surface area contributed by atoms with Gasteiger partial charge in [0.1, 0.15) is 11.5 Å². The zero-order valence-corrected chi connectivity index (χ0v) is 15.4. The highest BCUT2D eigenvalue weighted by molar-refractivity contribution is 6.30. The van der Waals surface area contributed by atoms with Crippen LogP contribution in [0.15, 0.2) is 48.5 Å². The molecule has 3 aromatic rings. The molecule has 0 aliphatic rings. The Morgan fingerprint density at radius 1 is 1.00 bits per heavy atom. The predicted molar refractivity (Wildman–Crippen MR) is 104 cm³/mol. The normalized spacial score (nSPS) is 10.3. The maximum atomic E-state index is 11.3. The SMILES string of the molecule is COc1ccc(-c2cc(-c3ccc(Cl)cc3)nc(NC(N)=O)n2)c(OC)c1. The highest BCUT2D eigenvalue weighted by Gasteiger charge is 2.14. The zero-order valence-electron chi connectivity index (χ0n) is 14.7. The summed E-state index contributed by atoms with van der Waals surface area (Å²) in [5.74, 6) is 1.31. The van der Waals surface area contributed by atoms with Gasteiger partial charge in [0.05, 0.1) is 25.6 Å². The number of urea groups is 1. The number of ether oxygens (including phenoxy) is 2. The van der Waals surface area contributed by atoms with Crippen molar-refractivity contribution < 1.29 is 14.3 Å². The van der Waals surface area contributed by atoms with Crippen LogP contribution in [0, 0.1) is 0 Å². The van der Waals surface area contributed by atoms with Gasteiger partial charge in [-0.2, -0.15) is 0 Å². The van der Waals surface area contributed by atoms with Gasteiger partial charge in [0.15, 0.2) is 0 Å². The van der Waals surface area contributed by atoms with Gasteiger partial charge in [-0.15, -0.1) is 0 Å². The van der Waals surface area contributed by atoms with Crippen molar-refractivity contribution in [3.8, 4) is 34.0 Å². The Kier molecular flexibility index (Phi) is 5.42. The molecule has 8 heteroatoms. The van der Waals surface area contributed by atoms with Crippen molar-refractivity contribution in [3.05, 3.63) is 53.6 Å². The van der Waals surface area contributed by atoms with Gasteiger partial charge in [0.2, 0.25) is 5.95 Å². The second-order valence-electron chi connectivity index (χ2n) is 5.52. The van der Waals surface area contributed by atoms with Crippen LogP contribution in [0.5, 0.6) is 11.5 Å². The van der Waals surface area contributed by atoms with Crippen molar-refractivity contribution in [2.75, 3.05) is 19.5 Å². The van der Waals surface area contributed by atoms with Crippen molar-refractivity contribution in [1.29, 1.82) is 0 Å². The third-order valence-corrected chi connectivity index (χ3v) is 4.04. The van der Waals surface area contributed by atoms with E-state index >= 15 is 0 Å². The minimum absolute atomic E-state index is 0.0859. The molecule has 0 atom stereocenters. The van der Waals surface area contributed by atoms with E-state index in [1.807, 2.05) is 18.2 Å². The Morgan fingerprint density at radius 3 is 2.33 bits per heavy atom. The standard InChI is InChI=1S/C19H17ClN4O3/c1-26-13-7-8-14(17(9-13)27-2)16-10-15(11-3-5-12(20)6-4-11)22-19(23-16)24-18(21)25/h3-10H,1-2H3,(H3,21,22,23,24,25). The Balaban J connectivity index is 2.16. The fourth-order valence-corrected chi connectivity index (χ4v) is 2.66. The minimum atomic E-state index is -0.754. The van der Waals surface area contributed by atoms with Crippen LogP contribution in [0.2, 0.25) is 5.02 Å². The van der Waals surface area contributed by atoms with Crippen molar-refractivity contribution in [1.82, 2.24) is 9.97 Å². The van der Waals surface area contributed by atoms with E-state index in [9.17, 15) is 4.79 Å². The highest BCUT2D eigenvalue weighted by Crippen LogP contribution is 2.34. The lowest BCUT2D eigenvalue weighted by Gasteiger charge is -2.12. The van der Waals surface area contributed by atoms with Gasteiger partial charge >= 0.3 is 6.03 Å². The molecule has 0 spiro atoms. The number of aromatic nitrogens is 2. The molecule has 27 heavy (non-hydrogen) atoms. The first-order valence-electron chi connectivity index (χ1n) is 7.94. The molecule has 7 nitrogen and oxygen atoms in total. The van der Waals surface area contributed by atoms with Crippen LogP contribution in [0.3, 0.4) is 0 Å². The van der Waals surface area contributed by atoms with Crippen LogP contribution in [0.4, 0.5) is 10.7 Å². The summed E-state index contributed by atoms with van der Waals surface area (Å²) < 4.78 is 10.7. The van der Waals surface area contributed by atoms with Gasteiger partial charge in [-0.25, -0.2) is 14.8 Å². The van der Waals surface area contributed by atoms with Gasteiger partial charge in [0.25, 0.3) is 0 Å². The number of hydrogen-bond acceptors (Lipinski definition) is 5. The fraction of sp³-hybridized carbons (Fsp3) is 0.105. The second kappa shape index (κ2) is 7.92. The molecule has 2 amide bonds. The lowest BCUT2D eigenvalue weighted by Crippen LogP contribution is -2.21. The first-order chi connectivity index (χ1) is 13.0. The molecule has 0 unspecified atom stereocenters. The first-order valence-corrected chi connectivity index (χ1v) is 8.32. The molecule has 2 aromatic carbocycles. The third kappa shape index (κ3) is 4.27. The monoisotopic (exact) mass is 384 g/mol. The highest BCUT2D eigenvalue weighted by atomic mass is 35.5. The quantitative estimate of drug-likeness (QED) is 0.693. The maximum Gasteiger partial charge on any atom is 0.319 e. The molecule has 0 radical (unpaired) electrons. The van der Waals surface area contributed by atoms with E-state index in [1.54, 1.807) is 44.6 Å². The largest absolute Gasteiger partial charge is 0.497 e. The van der Waals surface area contributed by atoms with Gasteiger partial charge < -0.3 is 15.2 Å². The maximum absolute atomic E-state index is 11.3. The summed E-state index contributed by atoms with van der Waals surface area (Å²) in [5.41, 5.74) is 7.90. The van der Waals surface area contributed by atoms with E-state index < -0.39 is 6.03 Å². The van der Waals surface area contributed by atoms with E-state index in [4.69, 9.17) is 26.8 Å². The van der Waals surface area contributed by atoms with E-state index in [0.717, 1.165) is 5.56 Å². The summed E-state index contributed by atoms with van der Waals surface area (Å²) in [6.45, 7) is 0. The van der Waals surface area contributed by atoms with Crippen LogP contribution in [0.1, 0.15) is 0 Å². The number of rotatable bonds is 5. The van der Waals surface area contributed by atoms with Gasteiger partial charge in [-0.3, -0.25) is 5.32 Å². The Bertz CT molecular complexity index is 977. The Labute approximate surface area is 161 Å². The molecule has 1 aromatic heterocycles. The average Bonchev–Trinajstić information content (AvgIpc) is 2.67. The number of carbonyl (C=O) groups is 1. The second-order valence-corrected chi connectivity index (χ2v) is 5.96. The number of primary amides is 1. The molecule has 0 bridgehead atoms. The number of nitrogens with zero attached hydrogens (tertiary/aromatic N) is 2. The molecule has 0 fully saturated rings. The number of halogens is 1. The van der Waals surface area contributed by atoms with Crippen LogP contribution < -0.4 is 20.5 Å². The van der Waals surface area contributed by atoms with Crippen LogP contribution in [0.25, 0.3) is 22.5 Å². The molecule has 0 saturated carbocycles. The molecule has 1 heterocycles. The topological polar surface area (TPSA) is 99.4 Å². The molecular weight excluding hydrogens is 368 g/mol. The van der Waals surface area contributed by atoms with Gasteiger partial charge in [0, 0.05) is 22.2 Å². The lowest BCUT2D eigenvalue weighted by atomic mass is 10.1. The smallest absolute Gasteiger partial charge is 0.319 e. The zero-order chi connectivity index (χ0) is 19.4. The number of amides is 2. The molecular formula is C19H17ClN4O3.